The van der Waals surface area contributed by atoms with Crippen molar-refractivity contribution in [2.24, 2.45) is 5.92 Å². The van der Waals surface area contributed by atoms with Gasteiger partial charge in [-0.25, -0.2) is 4.68 Å². The highest BCUT2D eigenvalue weighted by atomic mass is 15.3. The molecule has 0 bridgehead atoms. The second-order valence-corrected chi connectivity index (χ2v) is 5.72. The lowest BCUT2D eigenvalue weighted by Crippen LogP contribution is -2.33. The fraction of sp³-hybridized carbons (Fsp3) is 0.412. The van der Waals surface area contributed by atoms with Crippen molar-refractivity contribution in [3.05, 3.63) is 48.3 Å². The molecule has 1 heterocycles. The average molecular weight is 280 g/mol. The van der Waals surface area contributed by atoms with Crippen LogP contribution in [0.15, 0.2) is 42.7 Å². The number of aromatic nitrogens is 2. The Kier molecular flexibility index (Phi) is 4.03. The Hall–Kier alpha value is -2.12. The predicted octanol–water partition coefficient (Wildman–Crippen LogP) is 3.22. The maximum absolute atomic E-state index is 9.17. The van der Waals surface area contributed by atoms with Gasteiger partial charge in [0.2, 0.25) is 0 Å². The SMILES string of the molecule is CC(NC1CCCC1C#N)c1cnn(-c2ccccc2)c1. The molecule has 3 rings (SSSR count). The summed E-state index contributed by atoms with van der Waals surface area (Å²) in [6.45, 7) is 2.14. The molecule has 1 aliphatic rings. The summed E-state index contributed by atoms with van der Waals surface area (Å²) in [5, 5.41) is 17.2. The Morgan fingerprint density at radius 2 is 2.14 bits per heavy atom. The molecular formula is C17H20N4. The van der Waals surface area contributed by atoms with Crippen molar-refractivity contribution in [2.75, 3.05) is 0 Å². The molecule has 2 aromatic rings. The van der Waals surface area contributed by atoms with Crippen molar-refractivity contribution < 1.29 is 0 Å². The molecular weight excluding hydrogens is 260 g/mol. The molecule has 3 unspecified atom stereocenters. The summed E-state index contributed by atoms with van der Waals surface area (Å²) in [6.07, 6.45) is 7.22. The van der Waals surface area contributed by atoms with Crippen LogP contribution in [0.4, 0.5) is 0 Å². The first-order valence-corrected chi connectivity index (χ1v) is 7.53. The van der Waals surface area contributed by atoms with Gasteiger partial charge < -0.3 is 5.32 Å². The molecule has 4 heteroatoms. The highest BCUT2D eigenvalue weighted by molar-refractivity contribution is 5.31. The number of nitriles is 1. The Balaban J connectivity index is 1.70. The molecule has 0 spiro atoms. The van der Waals surface area contributed by atoms with Crippen LogP contribution in [0.2, 0.25) is 0 Å². The summed E-state index contributed by atoms with van der Waals surface area (Å²) in [5.74, 6) is 0.150. The molecule has 1 N–H and O–H groups in total. The summed E-state index contributed by atoms with van der Waals surface area (Å²) in [6, 6.07) is 13.0. The fourth-order valence-corrected chi connectivity index (χ4v) is 3.01. The quantitative estimate of drug-likeness (QED) is 0.935. The average Bonchev–Trinajstić information content (AvgIpc) is 3.17. The number of rotatable bonds is 4. The van der Waals surface area contributed by atoms with Gasteiger partial charge >= 0.3 is 0 Å². The van der Waals surface area contributed by atoms with Crippen LogP contribution in [-0.2, 0) is 0 Å². The summed E-state index contributed by atoms with van der Waals surface area (Å²) in [5.41, 5.74) is 2.22. The Bertz CT molecular complexity index is 626. The van der Waals surface area contributed by atoms with E-state index in [1.54, 1.807) is 0 Å². The number of hydrogen-bond donors (Lipinski definition) is 1. The lowest BCUT2D eigenvalue weighted by atomic mass is 10.0. The van der Waals surface area contributed by atoms with Gasteiger partial charge in [-0.15, -0.1) is 0 Å². The van der Waals surface area contributed by atoms with Crippen LogP contribution < -0.4 is 5.32 Å². The third-order valence-corrected chi connectivity index (χ3v) is 4.27. The van der Waals surface area contributed by atoms with Crippen LogP contribution in [0.1, 0.15) is 37.8 Å². The number of nitrogens with one attached hydrogen (secondary N) is 1. The molecule has 0 saturated heterocycles. The minimum Gasteiger partial charge on any atom is -0.306 e. The van der Waals surface area contributed by atoms with Gasteiger partial charge in [-0.05, 0) is 31.9 Å². The largest absolute Gasteiger partial charge is 0.306 e. The topological polar surface area (TPSA) is 53.6 Å². The molecule has 0 aliphatic heterocycles. The smallest absolute Gasteiger partial charge is 0.0672 e. The molecule has 4 nitrogen and oxygen atoms in total. The van der Waals surface area contributed by atoms with Crippen LogP contribution in [0, 0.1) is 17.2 Å². The van der Waals surface area contributed by atoms with Crippen molar-refractivity contribution in [3.8, 4) is 11.8 Å². The van der Waals surface area contributed by atoms with E-state index in [2.05, 4.69) is 29.6 Å². The predicted molar refractivity (Wildman–Crippen MR) is 81.9 cm³/mol. The highest BCUT2D eigenvalue weighted by Crippen LogP contribution is 2.27. The summed E-state index contributed by atoms with van der Waals surface area (Å²) in [4.78, 5) is 0. The lowest BCUT2D eigenvalue weighted by Gasteiger charge is -2.20. The zero-order chi connectivity index (χ0) is 14.7. The van der Waals surface area contributed by atoms with Gasteiger partial charge in [-0.1, -0.05) is 24.6 Å². The number of para-hydroxylation sites is 1. The Labute approximate surface area is 125 Å². The van der Waals surface area contributed by atoms with Crippen molar-refractivity contribution in [3.63, 3.8) is 0 Å². The van der Waals surface area contributed by atoms with Crippen molar-refractivity contribution in [1.82, 2.24) is 15.1 Å². The maximum Gasteiger partial charge on any atom is 0.0672 e. The van der Waals surface area contributed by atoms with Gasteiger partial charge in [0.1, 0.15) is 0 Å². The van der Waals surface area contributed by atoms with Gasteiger partial charge in [0.15, 0.2) is 0 Å². The molecule has 0 radical (unpaired) electrons. The van der Waals surface area contributed by atoms with E-state index in [0.717, 1.165) is 30.5 Å². The molecule has 1 fully saturated rings. The van der Waals surface area contributed by atoms with E-state index in [4.69, 9.17) is 5.26 Å². The number of benzene rings is 1. The van der Waals surface area contributed by atoms with Crippen LogP contribution >= 0.6 is 0 Å². The molecule has 108 valence electrons. The van der Waals surface area contributed by atoms with Crippen LogP contribution in [0.5, 0.6) is 0 Å². The van der Waals surface area contributed by atoms with E-state index < -0.39 is 0 Å². The minimum atomic E-state index is 0.150. The monoisotopic (exact) mass is 280 g/mol. The molecule has 1 aromatic heterocycles. The van der Waals surface area contributed by atoms with Crippen molar-refractivity contribution in [1.29, 1.82) is 5.26 Å². The zero-order valence-corrected chi connectivity index (χ0v) is 12.2. The lowest BCUT2D eigenvalue weighted by molar-refractivity contribution is 0.417. The molecule has 3 atom stereocenters. The van der Waals surface area contributed by atoms with Gasteiger partial charge in [0, 0.05) is 23.8 Å². The second-order valence-electron chi connectivity index (χ2n) is 5.72. The van der Waals surface area contributed by atoms with Crippen LogP contribution in [-0.4, -0.2) is 15.8 Å². The standard InChI is InChI=1S/C17H20N4/c1-13(20-17-9-5-6-14(17)10-18)15-11-19-21(12-15)16-7-3-2-4-8-16/h2-4,7-8,11-14,17,20H,5-6,9H2,1H3. The van der Waals surface area contributed by atoms with Crippen LogP contribution in [0.3, 0.4) is 0 Å². The first-order chi connectivity index (χ1) is 10.3. The van der Waals surface area contributed by atoms with E-state index in [0.29, 0.717) is 6.04 Å². The zero-order valence-electron chi connectivity index (χ0n) is 12.2. The van der Waals surface area contributed by atoms with E-state index in [9.17, 15) is 0 Å². The van der Waals surface area contributed by atoms with Gasteiger partial charge in [0.25, 0.3) is 0 Å². The van der Waals surface area contributed by atoms with Gasteiger partial charge in [-0.2, -0.15) is 10.4 Å². The second kappa shape index (κ2) is 6.11. The summed E-state index contributed by atoms with van der Waals surface area (Å²) < 4.78 is 1.89. The fourth-order valence-electron chi connectivity index (χ4n) is 3.01. The third-order valence-electron chi connectivity index (χ3n) is 4.27. The first kappa shape index (κ1) is 13.8. The molecule has 21 heavy (non-hydrogen) atoms. The first-order valence-electron chi connectivity index (χ1n) is 7.53. The number of nitrogens with zero attached hydrogens (tertiary/aromatic N) is 3. The molecule has 1 saturated carbocycles. The van der Waals surface area contributed by atoms with E-state index >= 15 is 0 Å². The minimum absolute atomic E-state index is 0.150. The normalized spacial score (nSPS) is 22.9. The van der Waals surface area contributed by atoms with Gasteiger partial charge in [0.05, 0.1) is 23.9 Å². The van der Waals surface area contributed by atoms with E-state index in [1.807, 2.05) is 41.2 Å². The number of hydrogen-bond acceptors (Lipinski definition) is 3. The van der Waals surface area contributed by atoms with Crippen LogP contribution in [0.25, 0.3) is 5.69 Å². The van der Waals surface area contributed by atoms with E-state index in [-0.39, 0.29) is 12.0 Å². The maximum atomic E-state index is 9.17. The molecule has 1 aromatic carbocycles. The molecule has 0 amide bonds. The van der Waals surface area contributed by atoms with Crippen molar-refractivity contribution in [2.45, 2.75) is 38.3 Å². The van der Waals surface area contributed by atoms with Gasteiger partial charge in [-0.3, -0.25) is 0 Å². The van der Waals surface area contributed by atoms with E-state index in [1.165, 1.54) is 0 Å². The highest BCUT2D eigenvalue weighted by Gasteiger charge is 2.28. The third kappa shape index (κ3) is 2.98. The summed E-state index contributed by atoms with van der Waals surface area (Å²) >= 11 is 0. The Morgan fingerprint density at radius 3 is 2.90 bits per heavy atom. The van der Waals surface area contributed by atoms with Crippen molar-refractivity contribution >= 4 is 0 Å². The Morgan fingerprint density at radius 1 is 1.33 bits per heavy atom. The molecule has 1 aliphatic carbocycles. The summed E-state index contributed by atoms with van der Waals surface area (Å²) in [7, 11) is 0.